The van der Waals surface area contributed by atoms with Gasteiger partial charge in [-0.1, -0.05) is 24.3 Å². The van der Waals surface area contributed by atoms with Crippen LogP contribution in [0, 0.1) is 12.0 Å². The summed E-state index contributed by atoms with van der Waals surface area (Å²) in [5, 5.41) is 0. The molecule has 15 heavy (non-hydrogen) atoms. The van der Waals surface area contributed by atoms with E-state index < -0.39 is 0 Å². The van der Waals surface area contributed by atoms with Crippen LogP contribution in [0.1, 0.15) is 37.2 Å². The van der Waals surface area contributed by atoms with Gasteiger partial charge in [0.2, 0.25) is 0 Å². The van der Waals surface area contributed by atoms with E-state index in [0.717, 1.165) is 18.4 Å². The molecule has 0 aromatic heterocycles. The molecule has 0 unspecified atom stereocenters. The summed E-state index contributed by atoms with van der Waals surface area (Å²) in [6.07, 6.45) is 5.27. The predicted octanol–water partition coefficient (Wildman–Crippen LogP) is 3.41. The Morgan fingerprint density at radius 3 is 2.47 bits per heavy atom. The van der Waals surface area contributed by atoms with E-state index in [9.17, 15) is 0 Å². The fourth-order valence-corrected chi connectivity index (χ4v) is 2.57. The molecular weight excluding hydrogens is 184 g/mol. The zero-order valence-electron chi connectivity index (χ0n) is 9.41. The summed E-state index contributed by atoms with van der Waals surface area (Å²) in [4.78, 5) is 0. The summed E-state index contributed by atoms with van der Waals surface area (Å²) in [6.45, 7) is 0.940. The van der Waals surface area contributed by atoms with Crippen LogP contribution in [0.3, 0.4) is 0 Å². The van der Waals surface area contributed by atoms with Gasteiger partial charge in [-0.2, -0.15) is 0 Å². The molecule has 1 aliphatic carbocycles. The molecule has 1 radical (unpaired) electrons. The highest BCUT2D eigenvalue weighted by Crippen LogP contribution is 2.35. The Morgan fingerprint density at radius 1 is 1.20 bits per heavy atom. The van der Waals surface area contributed by atoms with Crippen molar-refractivity contribution in [3.63, 3.8) is 0 Å². The largest absolute Gasteiger partial charge is 0.384 e. The number of hydrogen-bond donors (Lipinski definition) is 0. The molecule has 2 rings (SSSR count). The quantitative estimate of drug-likeness (QED) is 0.731. The van der Waals surface area contributed by atoms with Crippen molar-refractivity contribution in [2.45, 2.75) is 31.6 Å². The molecule has 1 aromatic rings. The van der Waals surface area contributed by atoms with E-state index in [4.69, 9.17) is 4.74 Å². The Labute approximate surface area is 92.5 Å². The second-order valence-corrected chi connectivity index (χ2v) is 4.51. The Hall–Kier alpha value is -0.820. The average Bonchev–Trinajstić information content (AvgIpc) is 2.32. The Bertz CT molecular complexity index is 273. The van der Waals surface area contributed by atoms with E-state index in [1.807, 2.05) is 12.1 Å². The highest BCUT2D eigenvalue weighted by Gasteiger charge is 2.21. The van der Waals surface area contributed by atoms with Crippen molar-refractivity contribution < 1.29 is 4.74 Å². The van der Waals surface area contributed by atoms with Crippen LogP contribution in [-0.4, -0.2) is 13.7 Å². The minimum Gasteiger partial charge on any atom is -0.384 e. The minimum absolute atomic E-state index is 0.771. The maximum Gasteiger partial charge on any atom is 0.0490 e. The van der Waals surface area contributed by atoms with Gasteiger partial charge in [-0.05, 0) is 49.1 Å². The van der Waals surface area contributed by atoms with Crippen molar-refractivity contribution in [1.29, 1.82) is 0 Å². The van der Waals surface area contributed by atoms with Crippen LogP contribution in [-0.2, 0) is 4.74 Å². The first kappa shape index (κ1) is 10.7. The van der Waals surface area contributed by atoms with Gasteiger partial charge < -0.3 is 4.74 Å². The molecule has 1 aromatic carbocycles. The molecule has 1 nitrogen and oxygen atoms in total. The number of benzene rings is 1. The molecule has 1 aliphatic rings. The molecule has 0 spiro atoms. The van der Waals surface area contributed by atoms with Gasteiger partial charge in [0.1, 0.15) is 0 Å². The first-order valence-electron chi connectivity index (χ1n) is 5.85. The Kier molecular flexibility index (Phi) is 3.79. The number of methoxy groups -OCH3 is 1. The molecule has 0 saturated heterocycles. The van der Waals surface area contributed by atoms with Gasteiger partial charge in [0.25, 0.3) is 0 Å². The molecule has 0 heterocycles. The van der Waals surface area contributed by atoms with E-state index >= 15 is 0 Å². The molecule has 1 saturated carbocycles. The van der Waals surface area contributed by atoms with E-state index in [-0.39, 0.29) is 0 Å². The molecule has 1 fully saturated rings. The molecular formula is C14H19O. The first-order valence-corrected chi connectivity index (χ1v) is 5.85. The van der Waals surface area contributed by atoms with Crippen molar-refractivity contribution in [1.82, 2.24) is 0 Å². The van der Waals surface area contributed by atoms with Crippen molar-refractivity contribution in [3.05, 3.63) is 35.9 Å². The average molecular weight is 203 g/mol. The summed E-state index contributed by atoms with van der Waals surface area (Å²) in [5.74, 6) is 1.56. The third-order valence-corrected chi connectivity index (χ3v) is 3.46. The maximum atomic E-state index is 5.22. The van der Waals surface area contributed by atoms with E-state index in [0.29, 0.717) is 0 Å². The molecule has 0 aliphatic heterocycles. The van der Waals surface area contributed by atoms with Crippen LogP contribution >= 0.6 is 0 Å². The monoisotopic (exact) mass is 203 g/mol. The molecule has 1 heteroatoms. The van der Waals surface area contributed by atoms with Gasteiger partial charge in [0, 0.05) is 13.7 Å². The number of hydrogen-bond acceptors (Lipinski definition) is 1. The second-order valence-electron chi connectivity index (χ2n) is 4.51. The van der Waals surface area contributed by atoms with Crippen LogP contribution in [0.25, 0.3) is 0 Å². The molecule has 0 N–H and O–H groups in total. The lowest BCUT2D eigenvalue weighted by molar-refractivity contribution is 0.127. The van der Waals surface area contributed by atoms with Crippen molar-refractivity contribution >= 4 is 0 Å². The zero-order valence-corrected chi connectivity index (χ0v) is 9.41. The molecule has 0 bridgehead atoms. The summed E-state index contributed by atoms with van der Waals surface area (Å²) in [6, 6.07) is 11.5. The highest BCUT2D eigenvalue weighted by atomic mass is 16.5. The zero-order chi connectivity index (χ0) is 10.5. The fraction of sp³-hybridized carbons (Fsp3) is 0.571. The Balaban J connectivity index is 1.88. The lowest BCUT2D eigenvalue weighted by Crippen LogP contribution is -2.17. The van der Waals surface area contributed by atoms with Crippen LogP contribution in [0.4, 0.5) is 0 Å². The van der Waals surface area contributed by atoms with E-state index in [2.05, 4.69) is 18.2 Å². The van der Waals surface area contributed by atoms with E-state index in [1.54, 1.807) is 7.11 Å². The molecule has 0 atom stereocenters. The summed E-state index contributed by atoms with van der Waals surface area (Å²) >= 11 is 0. The van der Waals surface area contributed by atoms with Crippen molar-refractivity contribution in [2.75, 3.05) is 13.7 Å². The normalized spacial score (nSPS) is 26.5. The van der Waals surface area contributed by atoms with Gasteiger partial charge in [-0.25, -0.2) is 0 Å². The van der Waals surface area contributed by atoms with Crippen LogP contribution in [0.5, 0.6) is 0 Å². The Morgan fingerprint density at radius 2 is 1.87 bits per heavy atom. The van der Waals surface area contributed by atoms with Gasteiger partial charge >= 0.3 is 0 Å². The van der Waals surface area contributed by atoms with Crippen LogP contribution < -0.4 is 0 Å². The molecule has 0 amide bonds. The highest BCUT2D eigenvalue weighted by molar-refractivity contribution is 5.19. The van der Waals surface area contributed by atoms with Crippen LogP contribution in [0.15, 0.2) is 24.3 Å². The SMILES string of the molecule is COCC1CCC(c2cc[c]cc2)CC1. The van der Waals surface area contributed by atoms with Gasteiger partial charge in [0.15, 0.2) is 0 Å². The van der Waals surface area contributed by atoms with Crippen molar-refractivity contribution in [3.8, 4) is 0 Å². The molecule has 81 valence electrons. The lowest BCUT2D eigenvalue weighted by Gasteiger charge is -2.28. The summed E-state index contributed by atoms with van der Waals surface area (Å²) < 4.78 is 5.22. The van der Waals surface area contributed by atoms with Gasteiger partial charge in [-0.15, -0.1) is 0 Å². The van der Waals surface area contributed by atoms with Crippen LogP contribution in [0.2, 0.25) is 0 Å². The number of rotatable bonds is 3. The second kappa shape index (κ2) is 5.32. The van der Waals surface area contributed by atoms with Gasteiger partial charge in [-0.3, -0.25) is 0 Å². The third-order valence-electron chi connectivity index (χ3n) is 3.46. The van der Waals surface area contributed by atoms with Gasteiger partial charge in [0.05, 0.1) is 0 Å². The smallest absolute Gasteiger partial charge is 0.0490 e. The first-order chi connectivity index (χ1) is 7.40. The predicted molar refractivity (Wildman–Crippen MR) is 61.9 cm³/mol. The standard InChI is InChI=1S/C14H19O/c1-15-11-12-7-9-14(10-8-12)13-5-3-2-4-6-13/h3-6,12,14H,7-11H2,1H3. The van der Waals surface area contributed by atoms with Crippen molar-refractivity contribution in [2.24, 2.45) is 5.92 Å². The third kappa shape index (κ3) is 2.82. The fourth-order valence-electron chi connectivity index (χ4n) is 2.57. The summed E-state index contributed by atoms with van der Waals surface area (Å²) in [5.41, 5.74) is 1.49. The van der Waals surface area contributed by atoms with E-state index in [1.165, 1.54) is 31.2 Å². The lowest BCUT2D eigenvalue weighted by atomic mass is 9.79. The topological polar surface area (TPSA) is 9.23 Å². The minimum atomic E-state index is 0.771. The number of ether oxygens (including phenoxy) is 1. The maximum absolute atomic E-state index is 5.22. The summed E-state index contributed by atoms with van der Waals surface area (Å²) in [7, 11) is 1.80.